The number of nitrogens with zero attached hydrogens (tertiary/aromatic N) is 7. The third-order valence-corrected chi connectivity index (χ3v) is 10.4. The Morgan fingerprint density at radius 1 is 0.982 bits per heavy atom. The molecule has 0 aliphatic carbocycles. The van der Waals surface area contributed by atoms with Crippen LogP contribution >= 0.6 is 0 Å². The first-order valence-electron chi connectivity index (χ1n) is 18.9. The van der Waals surface area contributed by atoms with Gasteiger partial charge in [-0.05, 0) is 81.0 Å². The topological polar surface area (TPSA) is 154 Å². The van der Waals surface area contributed by atoms with Crippen molar-refractivity contribution in [2.45, 2.75) is 91.0 Å². The van der Waals surface area contributed by atoms with Crippen LogP contribution in [0.1, 0.15) is 72.4 Å². The Morgan fingerprint density at radius 3 is 2.44 bits per heavy atom. The highest BCUT2D eigenvalue weighted by atomic mass is 19.1. The summed E-state index contributed by atoms with van der Waals surface area (Å²) in [5.41, 5.74) is 1.17. The van der Waals surface area contributed by atoms with Gasteiger partial charge in [-0.25, -0.2) is 18.9 Å². The van der Waals surface area contributed by atoms with Crippen molar-refractivity contribution in [1.82, 2.24) is 29.4 Å². The fourth-order valence-electron chi connectivity index (χ4n) is 7.52. The number of likely N-dealkylation sites (tertiary alicyclic amines) is 1. The van der Waals surface area contributed by atoms with E-state index in [9.17, 15) is 19.2 Å². The van der Waals surface area contributed by atoms with E-state index in [1.54, 1.807) is 42.6 Å². The van der Waals surface area contributed by atoms with Gasteiger partial charge in [0, 0.05) is 55.7 Å². The van der Waals surface area contributed by atoms with E-state index < -0.39 is 28.5 Å². The van der Waals surface area contributed by atoms with Crippen LogP contribution < -0.4 is 21.3 Å². The lowest BCUT2D eigenvalue weighted by molar-refractivity contribution is -0.142. The average molecular weight is 779 g/mol. The molecule has 14 nitrogen and oxygen atoms in total. The lowest BCUT2D eigenvalue weighted by atomic mass is 9.86. The number of esters is 1. The van der Waals surface area contributed by atoms with Gasteiger partial charge in [-0.15, -0.1) is 0 Å². The number of nitrogens with one attached hydrogen (secondary N) is 1. The molecule has 2 saturated heterocycles. The molecule has 2 atom stereocenters. The molecule has 0 spiro atoms. The molecule has 0 radical (unpaired) electrons. The van der Waals surface area contributed by atoms with Crippen molar-refractivity contribution in [2.24, 2.45) is 7.05 Å². The van der Waals surface area contributed by atoms with Crippen molar-refractivity contribution in [3.05, 3.63) is 98.6 Å². The van der Waals surface area contributed by atoms with Crippen molar-refractivity contribution < 1.29 is 23.5 Å². The summed E-state index contributed by atoms with van der Waals surface area (Å²) in [4.78, 5) is 61.0. The maximum atomic E-state index is 15.6. The van der Waals surface area contributed by atoms with Gasteiger partial charge in [0.05, 0.1) is 34.8 Å². The number of halogens is 1. The number of ether oxygens (including phenoxy) is 2. The third kappa shape index (κ3) is 7.96. The number of benzene rings is 2. The van der Waals surface area contributed by atoms with Crippen molar-refractivity contribution in [3.8, 4) is 16.9 Å². The van der Waals surface area contributed by atoms with E-state index in [-0.39, 0.29) is 47.0 Å². The largest absolute Gasteiger partial charge is 0.461 e. The number of carbonyl (C=O) groups is 2. The van der Waals surface area contributed by atoms with Crippen molar-refractivity contribution in [3.63, 3.8) is 0 Å². The second kappa shape index (κ2) is 14.8. The number of aromatic nitrogens is 5. The zero-order valence-corrected chi connectivity index (χ0v) is 33.4. The van der Waals surface area contributed by atoms with E-state index >= 15 is 4.39 Å². The Morgan fingerprint density at radius 2 is 1.75 bits per heavy atom. The predicted octanol–water partition coefficient (Wildman–Crippen LogP) is 6.37. The zero-order valence-electron chi connectivity index (χ0n) is 33.4. The molecule has 5 heterocycles. The van der Waals surface area contributed by atoms with Crippen LogP contribution in [0.5, 0.6) is 0 Å². The highest BCUT2D eigenvalue weighted by Crippen LogP contribution is 2.35. The van der Waals surface area contributed by atoms with Crippen molar-refractivity contribution >= 4 is 40.0 Å². The number of aryl methyl sites for hydroxylation is 1. The summed E-state index contributed by atoms with van der Waals surface area (Å²) in [6.07, 6.45) is 4.55. The monoisotopic (exact) mass is 778 g/mol. The normalized spacial score (nSPS) is 16.9. The Hall–Kier alpha value is -6.12. The number of anilines is 3. The molecule has 7 rings (SSSR count). The van der Waals surface area contributed by atoms with E-state index in [4.69, 9.17) is 9.47 Å². The Labute approximate surface area is 329 Å². The number of hydrogen-bond donors (Lipinski definition) is 1. The average Bonchev–Trinajstić information content (AvgIpc) is 3.47. The van der Waals surface area contributed by atoms with Gasteiger partial charge in [0.2, 0.25) is 0 Å². The fourth-order valence-corrected chi connectivity index (χ4v) is 7.52. The summed E-state index contributed by atoms with van der Waals surface area (Å²) in [6.45, 7) is 13.8. The molecule has 57 heavy (non-hydrogen) atoms. The summed E-state index contributed by atoms with van der Waals surface area (Å²) < 4.78 is 29.0. The second-order valence-corrected chi connectivity index (χ2v) is 16.7. The summed E-state index contributed by atoms with van der Waals surface area (Å²) in [6, 6.07) is 13.7. The van der Waals surface area contributed by atoms with Gasteiger partial charge in [0.1, 0.15) is 29.5 Å². The van der Waals surface area contributed by atoms with Gasteiger partial charge in [-0.1, -0.05) is 32.9 Å². The summed E-state index contributed by atoms with van der Waals surface area (Å²) >= 11 is 0. The van der Waals surface area contributed by atoms with Crippen LogP contribution in [0.15, 0.2) is 70.5 Å². The van der Waals surface area contributed by atoms with Gasteiger partial charge in [-0.2, -0.15) is 14.9 Å². The smallest absolute Gasteiger partial charge is 0.410 e. The lowest BCUT2D eigenvalue weighted by Gasteiger charge is -2.34. The first-order chi connectivity index (χ1) is 26.9. The number of rotatable bonds is 7. The third-order valence-electron chi connectivity index (χ3n) is 10.4. The Balaban J connectivity index is 1.19. The highest BCUT2D eigenvalue weighted by molar-refractivity contribution is 5.83. The van der Waals surface area contributed by atoms with Crippen LogP contribution in [-0.2, 0) is 33.3 Å². The molecule has 298 valence electrons. The number of carbonyl (C=O) groups excluding carboxylic acids is 2. The SMILES string of the molecule is CC(=O)OCc1c(-c2cc(Nc3ccc(N4CCC5CC4CN5C(=O)OC(C)(C)C)cn3)c(=O)n(C)n2)cccc1-n1ncc2cc(C(C)(C)C)cc(F)c2c1=O. The summed E-state index contributed by atoms with van der Waals surface area (Å²) in [5.74, 6) is -0.804. The first-order valence-corrected chi connectivity index (χ1v) is 18.9. The molecule has 2 aliphatic rings. The lowest BCUT2D eigenvalue weighted by Crippen LogP contribution is -2.40. The predicted molar refractivity (Wildman–Crippen MR) is 215 cm³/mol. The number of pyridine rings is 1. The van der Waals surface area contributed by atoms with Crippen molar-refractivity contribution in [1.29, 1.82) is 0 Å². The molecule has 15 heteroatoms. The minimum atomic E-state index is -0.686. The van der Waals surface area contributed by atoms with Crippen molar-refractivity contribution in [2.75, 3.05) is 23.3 Å². The molecule has 1 N–H and O–H groups in total. The zero-order chi connectivity index (χ0) is 41.0. The first kappa shape index (κ1) is 39.1. The molecule has 2 bridgehead atoms. The van der Waals surface area contributed by atoms with Crippen LogP contribution in [-0.4, -0.2) is 72.3 Å². The highest BCUT2D eigenvalue weighted by Gasteiger charge is 2.43. The molecule has 1 amide bonds. The molecule has 3 aromatic heterocycles. The Kier molecular flexibility index (Phi) is 10.1. The number of amides is 1. The van der Waals surface area contributed by atoms with Gasteiger partial charge in [-0.3, -0.25) is 14.4 Å². The van der Waals surface area contributed by atoms with E-state index in [1.165, 1.54) is 30.9 Å². The molecule has 2 unspecified atom stereocenters. The van der Waals surface area contributed by atoms with Gasteiger partial charge >= 0.3 is 12.1 Å². The molecular weight excluding hydrogens is 732 g/mol. The second-order valence-electron chi connectivity index (χ2n) is 16.7. The quantitative estimate of drug-likeness (QED) is 0.183. The minimum Gasteiger partial charge on any atom is -0.461 e. The van der Waals surface area contributed by atoms with Gasteiger partial charge < -0.3 is 24.6 Å². The number of piperidine rings is 1. The van der Waals surface area contributed by atoms with Crippen LogP contribution in [0.2, 0.25) is 0 Å². The van der Waals surface area contributed by atoms with E-state index in [0.717, 1.165) is 35.3 Å². The standard InChI is InChI=1S/C42H47FN8O6/c1-24(52)56-23-31-30(10-9-11-35(31)51-39(54)37-25(20-45-51)16-26(17-32(37)43)41(2,3)4)33-19-34(38(53)48(8)47-33)46-36-13-12-28(21-44-36)49-15-14-27-18-29(49)22-50(27)40(55)57-42(5,6)7/h9-13,16-17,19-21,27,29H,14-15,18,22-23H2,1-8H3,(H,44,46). The number of hydrogen-bond acceptors (Lipinski definition) is 11. The molecule has 5 aromatic rings. The maximum Gasteiger partial charge on any atom is 0.410 e. The van der Waals surface area contributed by atoms with Crippen LogP contribution in [0, 0.1) is 5.82 Å². The van der Waals surface area contributed by atoms with Crippen LogP contribution in [0.4, 0.5) is 26.4 Å². The molecule has 2 aromatic carbocycles. The summed E-state index contributed by atoms with van der Waals surface area (Å²) in [5, 5.41) is 12.3. The van der Waals surface area contributed by atoms with Crippen LogP contribution in [0.3, 0.4) is 0 Å². The molecule has 2 aliphatic heterocycles. The number of fused-ring (bicyclic) bond motifs is 3. The van der Waals surface area contributed by atoms with E-state index in [1.807, 2.05) is 52.5 Å². The van der Waals surface area contributed by atoms with Gasteiger partial charge in [0.15, 0.2) is 0 Å². The molecule has 0 saturated carbocycles. The Bertz CT molecular complexity index is 2500. The summed E-state index contributed by atoms with van der Waals surface area (Å²) in [7, 11) is 1.51. The molecular formula is C42H47FN8O6. The van der Waals surface area contributed by atoms with E-state index in [2.05, 4.69) is 25.4 Å². The minimum absolute atomic E-state index is 0.123. The maximum absolute atomic E-state index is 15.6. The van der Waals surface area contributed by atoms with E-state index in [0.29, 0.717) is 34.6 Å². The van der Waals surface area contributed by atoms with Crippen LogP contribution in [0.25, 0.3) is 27.7 Å². The van der Waals surface area contributed by atoms with Gasteiger partial charge in [0.25, 0.3) is 11.1 Å². The molecule has 2 fully saturated rings. The fraction of sp³-hybridized carbons (Fsp3) is 0.405.